The van der Waals surface area contributed by atoms with Gasteiger partial charge in [-0.05, 0) is 16.7 Å². The van der Waals surface area contributed by atoms with Crippen LogP contribution in [0.5, 0.6) is 0 Å². The standard InChI is InChI=1S/C21H23NO4/c1-21(2,3)18-17(19(23)26-18)22(20(24)25)13-14-9-11-16(12-10-14)15-7-5-4-6-8-15/h4-12,17-18H,13H2,1-3H3,(H,24,25). The molecule has 136 valence electrons. The fourth-order valence-electron chi connectivity index (χ4n) is 3.17. The van der Waals surface area contributed by atoms with E-state index in [-0.39, 0.29) is 12.0 Å². The molecule has 0 saturated carbocycles. The van der Waals surface area contributed by atoms with Gasteiger partial charge >= 0.3 is 12.1 Å². The highest BCUT2D eigenvalue weighted by molar-refractivity contribution is 5.86. The van der Waals surface area contributed by atoms with Crippen molar-refractivity contribution in [3.05, 3.63) is 60.2 Å². The molecule has 26 heavy (non-hydrogen) atoms. The van der Waals surface area contributed by atoms with Crippen molar-refractivity contribution in [2.24, 2.45) is 5.41 Å². The summed E-state index contributed by atoms with van der Waals surface area (Å²) in [5.74, 6) is -0.478. The lowest BCUT2D eigenvalue weighted by Crippen LogP contribution is -2.65. The first-order valence-electron chi connectivity index (χ1n) is 8.62. The number of nitrogens with zero attached hydrogens (tertiary/aromatic N) is 1. The predicted molar refractivity (Wildman–Crippen MR) is 98.6 cm³/mol. The molecule has 5 heteroatoms. The summed E-state index contributed by atoms with van der Waals surface area (Å²) in [6.07, 6.45) is -1.55. The Morgan fingerprint density at radius 3 is 2.12 bits per heavy atom. The number of cyclic esters (lactones) is 1. The van der Waals surface area contributed by atoms with Crippen LogP contribution in [0, 0.1) is 5.41 Å². The van der Waals surface area contributed by atoms with Gasteiger partial charge in [0.1, 0.15) is 6.10 Å². The molecule has 0 aromatic heterocycles. The van der Waals surface area contributed by atoms with Crippen LogP contribution in [0.15, 0.2) is 54.6 Å². The molecule has 1 heterocycles. The van der Waals surface area contributed by atoms with Crippen LogP contribution in [0.4, 0.5) is 4.79 Å². The van der Waals surface area contributed by atoms with Gasteiger partial charge in [-0.1, -0.05) is 75.4 Å². The number of benzene rings is 2. The Morgan fingerprint density at radius 2 is 1.62 bits per heavy atom. The van der Waals surface area contributed by atoms with E-state index in [1.165, 1.54) is 4.90 Å². The molecular formula is C21H23NO4. The third-order valence-corrected chi connectivity index (χ3v) is 4.62. The Bertz CT molecular complexity index is 793. The molecule has 1 amide bonds. The molecule has 0 spiro atoms. The number of ether oxygens (including phenoxy) is 1. The quantitative estimate of drug-likeness (QED) is 0.838. The molecule has 2 atom stereocenters. The topological polar surface area (TPSA) is 66.8 Å². The van der Waals surface area contributed by atoms with Gasteiger partial charge in [-0.15, -0.1) is 0 Å². The molecule has 0 radical (unpaired) electrons. The van der Waals surface area contributed by atoms with E-state index in [1.54, 1.807) is 0 Å². The Kier molecular flexibility index (Phi) is 4.72. The van der Waals surface area contributed by atoms with E-state index in [0.29, 0.717) is 0 Å². The third-order valence-electron chi connectivity index (χ3n) is 4.62. The largest absolute Gasteiger partial charge is 0.465 e. The number of esters is 1. The van der Waals surface area contributed by atoms with Crippen LogP contribution in [-0.4, -0.2) is 34.2 Å². The SMILES string of the molecule is CC(C)(C)C1OC(=O)C1N(Cc1ccc(-c2ccccc2)cc1)C(=O)O. The van der Waals surface area contributed by atoms with Gasteiger partial charge in [0.15, 0.2) is 6.04 Å². The van der Waals surface area contributed by atoms with Crippen LogP contribution in [-0.2, 0) is 16.1 Å². The van der Waals surface area contributed by atoms with E-state index in [9.17, 15) is 14.7 Å². The lowest BCUT2D eigenvalue weighted by atomic mass is 9.80. The molecule has 1 saturated heterocycles. The normalized spacial score (nSPS) is 19.4. The summed E-state index contributed by atoms with van der Waals surface area (Å²) < 4.78 is 5.22. The summed E-state index contributed by atoms with van der Waals surface area (Å²) in [5, 5.41) is 9.62. The van der Waals surface area contributed by atoms with Gasteiger partial charge in [-0.2, -0.15) is 0 Å². The number of carbonyl (C=O) groups is 2. The first-order valence-corrected chi connectivity index (χ1v) is 8.62. The summed E-state index contributed by atoms with van der Waals surface area (Å²) in [5.41, 5.74) is 2.68. The third kappa shape index (κ3) is 3.57. The van der Waals surface area contributed by atoms with Crippen molar-refractivity contribution in [2.75, 3.05) is 0 Å². The summed E-state index contributed by atoms with van der Waals surface area (Å²) in [4.78, 5) is 24.9. The summed E-state index contributed by atoms with van der Waals surface area (Å²) in [6.45, 7) is 5.96. The first-order chi connectivity index (χ1) is 12.3. The molecule has 0 aliphatic carbocycles. The number of carboxylic acid groups (broad SMARTS) is 1. The van der Waals surface area contributed by atoms with E-state index in [1.807, 2.05) is 75.4 Å². The minimum Gasteiger partial charge on any atom is -0.465 e. The Labute approximate surface area is 153 Å². The molecule has 1 fully saturated rings. The maximum atomic E-state index is 11.9. The zero-order valence-electron chi connectivity index (χ0n) is 15.2. The number of hydrogen-bond acceptors (Lipinski definition) is 3. The van der Waals surface area contributed by atoms with Crippen LogP contribution >= 0.6 is 0 Å². The van der Waals surface area contributed by atoms with Crippen molar-refractivity contribution in [3.8, 4) is 11.1 Å². The second kappa shape index (κ2) is 6.83. The van der Waals surface area contributed by atoms with E-state index in [0.717, 1.165) is 16.7 Å². The fourth-order valence-corrected chi connectivity index (χ4v) is 3.17. The minimum atomic E-state index is -1.12. The van der Waals surface area contributed by atoms with Gasteiger partial charge in [0, 0.05) is 5.41 Å². The zero-order chi connectivity index (χ0) is 18.9. The Hall–Kier alpha value is -2.82. The van der Waals surface area contributed by atoms with Crippen LogP contribution in [0.25, 0.3) is 11.1 Å². The van der Waals surface area contributed by atoms with Gasteiger partial charge in [0.2, 0.25) is 0 Å². The minimum absolute atomic E-state index is 0.150. The van der Waals surface area contributed by atoms with Crippen LogP contribution in [0.3, 0.4) is 0 Å². The molecule has 1 N–H and O–H groups in total. The second-order valence-corrected chi connectivity index (χ2v) is 7.64. The van der Waals surface area contributed by atoms with Crippen molar-refractivity contribution in [1.29, 1.82) is 0 Å². The van der Waals surface area contributed by atoms with Crippen molar-refractivity contribution in [2.45, 2.75) is 39.5 Å². The van der Waals surface area contributed by atoms with E-state index < -0.39 is 24.2 Å². The summed E-state index contributed by atoms with van der Waals surface area (Å²) in [7, 11) is 0. The smallest absolute Gasteiger partial charge is 0.408 e. The van der Waals surface area contributed by atoms with Crippen molar-refractivity contribution < 1.29 is 19.4 Å². The highest BCUT2D eigenvalue weighted by Gasteiger charge is 2.53. The Morgan fingerprint density at radius 1 is 1.04 bits per heavy atom. The molecule has 1 aliphatic heterocycles. The molecule has 2 unspecified atom stereocenters. The van der Waals surface area contributed by atoms with Gasteiger partial charge in [-0.25, -0.2) is 9.59 Å². The first kappa shape index (κ1) is 18.0. The van der Waals surface area contributed by atoms with Gasteiger partial charge < -0.3 is 9.84 Å². The van der Waals surface area contributed by atoms with Crippen LogP contribution in [0.1, 0.15) is 26.3 Å². The van der Waals surface area contributed by atoms with E-state index in [2.05, 4.69) is 0 Å². The number of hydrogen-bond donors (Lipinski definition) is 1. The summed E-state index contributed by atoms with van der Waals surface area (Å²) >= 11 is 0. The highest BCUT2D eigenvalue weighted by Crippen LogP contribution is 2.36. The average molecular weight is 353 g/mol. The molecule has 0 bridgehead atoms. The predicted octanol–water partition coefficient (Wildman–Crippen LogP) is 4.17. The maximum Gasteiger partial charge on any atom is 0.408 e. The van der Waals surface area contributed by atoms with Gasteiger partial charge in [-0.3, -0.25) is 4.90 Å². The molecule has 2 aromatic rings. The lowest BCUT2D eigenvalue weighted by Gasteiger charge is -2.46. The zero-order valence-corrected chi connectivity index (χ0v) is 15.2. The van der Waals surface area contributed by atoms with Gasteiger partial charge in [0.05, 0.1) is 6.54 Å². The van der Waals surface area contributed by atoms with Crippen LogP contribution < -0.4 is 0 Å². The highest BCUT2D eigenvalue weighted by atomic mass is 16.6. The lowest BCUT2D eigenvalue weighted by molar-refractivity contribution is -0.200. The van der Waals surface area contributed by atoms with Gasteiger partial charge in [0.25, 0.3) is 0 Å². The van der Waals surface area contributed by atoms with Crippen molar-refractivity contribution in [1.82, 2.24) is 4.90 Å². The number of rotatable bonds is 4. The maximum absolute atomic E-state index is 11.9. The monoisotopic (exact) mass is 353 g/mol. The summed E-state index contributed by atoms with van der Waals surface area (Å²) in [6, 6.07) is 16.9. The van der Waals surface area contributed by atoms with Crippen molar-refractivity contribution in [3.63, 3.8) is 0 Å². The van der Waals surface area contributed by atoms with Crippen LogP contribution in [0.2, 0.25) is 0 Å². The van der Waals surface area contributed by atoms with E-state index in [4.69, 9.17) is 4.74 Å². The molecule has 3 rings (SSSR count). The second-order valence-electron chi connectivity index (χ2n) is 7.64. The average Bonchev–Trinajstić information content (AvgIpc) is 2.59. The molecule has 5 nitrogen and oxygen atoms in total. The number of carbonyl (C=O) groups excluding carboxylic acids is 1. The molecule has 2 aromatic carbocycles. The molecule has 1 aliphatic rings. The Balaban J connectivity index is 1.79. The fraction of sp³-hybridized carbons (Fsp3) is 0.333. The number of amides is 1. The van der Waals surface area contributed by atoms with Crippen molar-refractivity contribution >= 4 is 12.1 Å². The molecular weight excluding hydrogens is 330 g/mol. The van der Waals surface area contributed by atoms with E-state index >= 15 is 0 Å².